The van der Waals surface area contributed by atoms with Crippen LogP contribution in [0.5, 0.6) is 0 Å². The largest absolute Gasteiger partial charge is 0.479 e. The third-order valence-corrected chi connectivity index (χ3v) is 8.27. The first-order chi connectivity index (χ1) is 15.2. The number of carbonyl (C=O) groups is 2. The molecule has 32 heavy (non-hydrogen) atoms. The zero-order valence-electron chi connectivity index (χ0n) is 18.0. The minimum Gasteiger partial charge on any atom is -0.479 e. The van der Waals surface area contributed by atoms with Gasteiger partial charge in [-0.25, -0.2) is 4.79 Å². The normalized spacial score (nSPS) is 45.8. The van der Waals surface area contributed by atoms with Crippen LogP contribution in [0.3, 0.4) is 0 Å². The van der Waals surface area contributed by atoms with E-state index in [0.29, 0.717) is 18.3 Å². The van der Waals surface area contributed by atoms with E-state index in [4.69, 9.17) is 9.47 Å². The van der Waals surface area contributed by atoms with E-state index in [-0.39, 0.29) is 17.3 Å². The van der Waals surface area contributed by atoms with Gasteiger partial charge >= 0.3 is 5.97 Å². The van der Waals surface area contributed by atoms with Crippen LogP contribution in [0.25, 0.3) is 0 Å². The summed E-state index contributed by atoms with van der Waals surface area (Å²) in [5.41, 5.74) is 3.49. The Morgan fingerprint density at radius 2 is 1.88 bits per heavy atom. The summed E-state index contributed by atoms with van der Waals surface area (Å²) in [7, 11) is 0. The first-order valence-electron chi connectivity index (χ1n) is 11.4. The van der Waals surface area contributed by atoms with Crippen LogP contribution in [-0.2, 0) is 19.1 Å². The molecule has 2 fully saturated rings. The van der Waals surface area contributed by atoms with Gasteiger partial charge in [0.15, 0.2) is 18.2 Å². The van der Waals surface area contributed by atoms with Gasteiger partial charge in [0, 0.05) is 11.8 Å². The lowest BCUT2D eigenvalue weighted by Gasteiger charge is -2.47. The second-order valence-electron chi connectivity index (χ2n) is 9.96. The predicted octanol–water partition coefficient (Wildman–Crippen LogP) is 1.25. The number of carboxylic acids is 1. The monoisotopic (exact) mass is 446 g/mol. The number of fused-ring (bicyclic) bond motifs is 4. The Kier molecular flexibility index (Phi) is 5.41. The molecule has 0 radical (unpaired) electrons. The number of ether oxygens (including phenoxy) is 2. The van der Waals surface area contributed by atoms with Crippen LogP contribution in [0.1, 0.15) is 45.4 Å². The average molecular weight is 446 g/mol. The minimum absolute atomic E-state index is 0.208. The average Bonchev–Trinajstić information content (AvgIpc) is 3.09. The van der Waals surface area contributed by atoms with Crippen LogP contribution in [0, 0.1) is 17.3 Å². The SMILES string of the molecule is C[C@]12C=CC3=C4CCC(=O)C=C4CC[C@H]3[C@@H]1CC[C@@H]2O[C@@H]1O[C@H](C(=O)O)[C@@H](O)[C@H](O)[C@H]1O. The van der Waals surface area contributed by atoms with Crippen molar-refractivity contribution in [3.63, 3.8) is 0 Å². The molecule has 1 aliphatic heterocycles. The second kappa shape index (κ2) is 7.88. The predicted molar refractivity (Wildman–Crippen MR) is 111 cm³/mol. The molecule has 0 amide bonds. The molecule has 0 unspecified atom stereocenters. The molecule has 1 saturated heterocycles. The number of rotatable bonds is 3. The van der Waals surface area contributed by atoms with E-state index in [2.05, 4.69) is 19.1 Å². The quantitative estimate of drug-likeness (QED) is 0.509. The van der Waals surface area contributed by atoms with Gasteiger partial charge in [-0.1, -0.05) is 19.1 Å². The molecule has 5 aliphatic rings. The Bertz CT molecular complexity index is 919. The highest BCUT2D eigenvalue weighted by Crippen LogP contribution is 2.58. The molecule has 0 aromatic carbocycles. The van der Waals surface area contributed by atoms with Crippen LogP contribution in [0.4, 0.5) is 0 Å². The van der Waals surface area contributed by atoms with Crippen LogP contribution in [0.2, 0.25) is 0 Å². The zero-order chi connectivity index (χ0) is 22.8. The Labute approximate surface area is 186 Å². The molecule has 8 nitrogen and oxygen atoms in total. The summed E-state index contributed by atoms with van der Waals surface area (Å²) in [6, 6.07) is 0. The minimum atomic E-state index is -1.73. The molecule has 0 bridgehead atoms. The topological polar surface area (TPSA) is 134 Å². The van der Waals surface area contributed by atoms with Crippen LogP contribution < -0.4 is 0 Å². The molecule has 8 heteroatoms. The molecule has 1 heterocycles. The third kappa shape index (κ3) is 3.31. The Morgan fingerprint density at radius 1 is 1.09 bits per heavy atom. The number of ketones is 1. The van der Waals surface area contributed by atoms with E-state index < -0.39 is 36.7 Å². The molecule has 5 rings (SSSR count). The number of aliphatic hydroxyl groups excluding tert-OH is 3. The maximum atomic E-state index is 11.8. The highest BCUT2D eigenvalue weighted by atomic mass is 16.7. The van der Waals surface area contributed by atoms with Gasteiger partial charge in [0.25, 0.3) is 0 Å². The summed E-state index contributed by atoms with van der Waals surface area (Å²) in [4.78, 5) is 23.3. The second-order valence-corrected chi connectivity index (χ2v) is 9.96. The Morgan fingerprint density at radius 3 is 2.62 bits per heavy atom. The number of hydrogen-bond acceptors (Lipinski definition) is 7. The lowest BCUT2D eigenvalue weighted by Crippen LogP contribution is -2.61. The fraction of sp³-hybridized carbons (Fsp3) is 0.667. The van der Waals surface area contributed by atoms with Crippen molar-refractivity contribution in [1.29, 1.82) is 0 Å². The molecule has 1 saturated carbocycles. The molecule has 0 aromatic heterocycles. The lowest BCUT2D eigenvalue weighted by atomic mass is 9.60. The lowest BCUT2D eigenvalue weighted by molar-refractivity contribution is -0.309. The van der Waals surface area contributed by atoms with Gasteiger partial charge < -0.3 is 29.9 Å². The van der Waals surface area contributed by atoms with Crippen molar-refractivity contribution in [2.24, 2.45) is 17.3 Å². The maximum Gasteiger partial charge on any atom is 0.335 e. The van der Waals surface area contributed by atoms with Gasteiger partial charge in [-0.3, -0.25) is 4.79 Å². The van der Waals surface area contributed by atoms with Crippen molar-refractivity contribution >= 4 is 11.8 Å². The van der Waals surface area contributed by atoms with Crippen LogP contribution in [0.15, 0.2) is 34.9 Å². The summed E-state index contributed by atoms with van der Waals surface area (Å²) >= 11 is 0. The molecule has 174 valence electrons. The Balaban J connectivity index is 1.40. The molecule has 0 spiro atoms. The number of allylic oxidation sites excluding steroid dienone is 5. The highest BCUT2D eigenvalue weighted by Gasteiger charge is 2.55. The molecule has 4 N–H and O–H groups in total. The van der Waals surface area contributed by atoms with Crippen molar-refractivity contribution in [3.8, 4) is 0 Å². The summed E-state index contributed by atoms with van der Waals surface area (Å²) < 4.78 is 11.5. The summed E-state index contributed by atoms with van der Waals surface area (Å²) in [5, 5.41) is 39.7. The number of aliphatic carboxylic acids is 1. The fourth-order valence-electron chi connectivity index (χ4n) is 6.52. The first-order valence-corrected chi connectivity index (χ1v) is 11.4. The van der Waals surface area contributed by atoms with Gasteiger partial charge in [0.05, 0.1) is 6.10 Å². The Hall–Kier alpha value is -1.84. The molecular formula is C24H30O8. The standard InChI is InChI=1S/C24H30O8/c1-24-9-8-14-13-5-3-12(25)10-11(13)2-4-15(14)16(24)6-7-17(24)31-23-20(28)18(26)19(27)21(32-23)22(29)30/h8-10,15-21,23,26-28H,2-7H2,1H3,(H,29,30)/t15-,16+,17+,18+,19+,20-,21+,23-,24+/m1/s1. The molecule has 9 atom stereocenters. The van der Waals surface area contributed by atoms with Crippen molar-refractivity contribution in [2.75, 3.05) is 0 Å². The number of aliphatic hydroxyl groups is 3. The molecule has 4 aliphatic carbocycles. The zero-order valence-corrected chi connectivity index (χ0v) is 18.0. The van der Waals surface area contributed by atoms with Gasteiger partial charge in [0.1, 0.15) is 18.3 Å². The number of hydrogen-bond donors (Lipinski definition) is 4. The summed E-state index contributed by atoms with van der Waals surface area (Å²) in [6.45, 7) is 2.12. The van der Waals surface area contributed by atoms with Gasteiger partial charge in [-0.05, 0) is 66.7 Å². The molecule has 0 aromatic rings. The van der Waals surface area contributed by atoms with E-state index >= 15 is 0 Å². The van der Waals surface area contributed by atoms with E-state index in [9.17, 15) is 30.0 Å². The van der Waals surface area contributed by atoms with Gasteiger partial charge in [-0.15, -0.1) is 0 Å². The fourth-order valence-corrected chi connectivity index (χ4v) is 6.52. The third-order valence-electron chi connectivity index (χ3n) is 8.27. The van der Waals surface area contributed by atoms with E-state index in [1.165, 1.54) is 16.7 Å². The number of carboxylic acid groups (broad SMARTS) is 1. The molecular weight excluding hydrogens is 416 g/mol. The van der Waals surface area contributed by atoms with Gasteiger partial charge in [-0.2, -0.15) is 0 Å². The van der Waals surface area contributed by atoms with Crippen molar-refractivity contribution < 1.29 is 39.5 Å². The van der Waals surface area contributed by atoms with E-state index in [0.717, 1.165) is 32.1 Å². The first kappa shape index (κ1) is 22.0. The van der Waals surface area contributed by atoms with Crippen molar-refractivity contribution in [1.82, 2.24) is 0 Å². The summed E-state index contributed by atoms with van der Waals surface area (Å²) in [5.74, 6) is -0.515. The maximum absolute atomic E-state index is 11.8. The van der Waals surface area contributed by atoms with Crippen molar-refractivity contribution in [3.05, 3.63) is 34.9 Å². The highest BCUT2D eigenvalue weighted by molar-refractivity contribution is 5.93. The van der Waals surface area contributed by atoms with Gasteiger partial charge in [0.2, 0.25) is 0 Å². The summed E-state index contributed by atoms with van der Waals surface area (Å²) in [6.07, 6.45) is 2.72. The van der Waals surface area contributed by atoms with Crippen LogP contribution >= 0.6 is 0 Å². The van der Waals surface area contributed by atoms with E-state index in [1.807, 2.05) is 6.08 Å². The smallest absolute Gasteiger partial charge is 0.335 e. The number of carbonyl (C=O) groups excluding carboxylic acids is 1. The van der Waals surface area contributed by atoms with E-state index in [1.54, 1.807) is 0 Å². The van der Waals surface area contributed by atoms with Crippen molar-refractivity contribution in [2.45, 2.75) is 82.3 Å². The van der Waals surface area contributed by atoms with Crippen LogP contribution in [-0.4, -0.2) is 69.0 Å².